The van der Waals surface area contributed by atoms with Crippen LogP contribution >= 0.6 is 0 Å². The maximum atomic E-state index is 12.1. The fourth-order valence-corrected chi connectivity index (χ4v) is 3.89. The van der Waals surface area contributed by atoms with E-state index >= 15 is 0 Å². The number of methoxy groups -OCH3 is 1. The molecule has 1 N–H and O–H groups in total. The molecule has 5 atom stereocenters. The van der Waals surface area contributed by atoms with E-state index in [1.807, 2.05) is 0 Å². The number of nitrogens with zero attached hydrogens (tertiary/aromatic N) is 1. The summed E-state index contributed by atoms with van der Waals surface area (Å²) in [5.74, 6) is 2.24. The molecule has 1 aromatic heterocycles. The predicted molar refractivity (Wildman–Crippen MR) is 126 cm³/mol. The van der Waals surface area contributed by atoms with Crippen LogP contribution < -0.4 is 0 Å². The van der Waals surface area contributed by atoms with Crippen LogP contribution in [-0.4, -0.2) is 84.3 Å². The second-order valence-electron chi connectivity index (χ2n) is 8.24. The molecule has 0 spiro atoms. The number of esters is 5. The minimum atomic E-state index is -1.34. The molecule has 13 heteroatoms. The van der Waals surface area contributed by atoms with E-state index in [4.69, 9.17) is 28.4 Å². The zero-order valence-electron chi connectivity index (χ0n) is 21.3. The van der Waals surface area contributed by atoms with Gasteiger partial charge in [-0.05, 0) is 12.1 Å². The Hall–Kier alpha value is -4.44. The second kappa shape index (κ2) is 12.2. The number of carbonyl (C=O) groups is 5. The number of fused-ring (bicyclic) bond motifs is 1. The van der Waals surface area contributed by atoms with Gasteiger partial charge in [0.2, 0.25) is 0 Å². The van der Waals surface area contributed by atoms with E-state index in [0.29, 0.717) is 16.5 Å². The first kappa shape index (κ1) is 28.1. The first-order valence-electron chi connectivity index (χ1n) is 11.4. The Morgan fingerprint density at radius 1 is 0.921 bits per heavy atom. The fraction of sp³-hybridized carbons (Fsp3) is 0.440. The molecule has 1 saturated heterocycles. The standard InChI is InChI=1S/C25H26N2O11/c1-12(28)34-11-20-23(36-14(3)30)24(37-15(4)31)22(35-13(2)29)19(38-20)7-6-16-8-17(25(32)33-5)9-18-10-26-27-21(16)18/h8-10,19-20,22-24H,11H2,1-5H3,(H,26,27)/t19-,20-,22-,23-,24-/m1/s1. The van der Waals surface area contributed by atoms with Gasteiger partial charge < -0.3 is 28.4 Å². The summed E-state index contributed by atoms with van der Waals surface area (Å²) in [6, 6.07) is 3.05. The van der Waals surface area contributed by atoms with Crippen molar-refractivity contribution in [3.05, 3.63) is 29.5 Å². The molecule has 1 aliphatic heterocycles. The van der Waals surface area contributed by atoms with E-state index < -0.39 is 60.4 Å². The Kier molecular flexibility index (Phi) is 9.03. The molecule has 0 aliphatic carbocycles. The van der Waals surface area contributed by atoms with Gasteiger partial charge in [0.1, 0.15) is 12.7 Å². The van der Waals surface area contributed by atoms with Crippen LogP contribution in [0.3, 0.4) is 0 Å². The van der Waals surface area contributed by atoms with E-state index in [-0.39, 0.29) is 12.2 Å². The lowest BCUT2D eigenvalue weighted by atomic mass is 9.94. The summed E-state index contributed by atoms with van der Waals surface area (Å²) in [6.07, 6.45) is -4.84. The Labute approximate surface area is 217 Å². The van der Waals surface area contributed by atoms with Gasteiger partial charge in [0, 0.05) is 33.1 Å². The number of H-pyrrole nitrogens is 1. The molecule has 1 fully saturated rings. The molecule has 3 rings (SSSR count). The highest BCUT2D eigenvalue weighted by Crippen LogP contribution is 2.29. The van der Waals surface area contributed by atoms with Crippen molar-refractivity contribution in [2.24, 2.45) is 0 Å². The van der Waals surface area contributed by atoms with Gasteiger partial charge in [-0.2, -0.15) is 5.10 Å². The number of ether oxygens (including phenoxy) is 6. The number of hydrogen-bond donors (Lipinski definition) is 1. The molecule has 0 saturated carbocycles. The summed E-state index contributed by atoms with van der Waals surface area (Å²) in [4.78, 5) is 59.4. The van der Waals surface area contributed by atoms with Gasteiger partial charge in [-0.3, -0.25) is 24.3 Å². The monoisotopic (exact) mass is 530 g/mol. The van der Waals surface area contributed by atoms with E-state index in [2.05, 4.69) is 22.0 Å². The van der Waals surface area contributed by atoms with Gasteiger partial charge in [-0.25, -0.2) is 4.79 Å². The zero-order valence-corrected chi connectivity index (χ0v) is 21.3. The van der Waals surface area contributed by atoms with Crippen LogP contribution in [0.15, 0.2) is 18.3 Å². The maximum absolute atomic E-state index is 12.1. The summed E-state index contributed by atoms with van der Waals surface area (Å²) in [5, 5.41) is 7.35. The molecule has 0 radical (unpaired) electrons. The van der Waals surface area contributed by atoms with Crippen molar-refractivity contribution >= 4 is 40.7 Å². The molecular weight excluding hydrogens is 504 g/mol. The van der Waals surface area contributed by atoms with Gasteiger partial charge in [0.15, 0.2) is 24.4 Å². The molecule has 38 heavy (non-hydrogen) atoms. The Balaban J connectivity index is 2.10. The smallest absolute Gasteiger partial charge is 0.337 e. The zero-order chi connectivity index (χ0) is 28.0. The van der Waals surface area contributed by atoms with E-state index in [1.54, 1.807) is 6.07 Å². The molecule has 0 unspecified atom stereocenters. The maximum Gasteiger partial charge on any atom is 0.337 e. The van der Waals surface area contributed by atoms with Crippen molar-refractivity contribution in [2.45, 2.75) is 58.2 Å². The average molecular weight is 530 g/mol. The summed E-state index contributed by atoms with van der Waals surface area (Å²) in [5.41, 5.74) is 1.07. The quantitative estimate of drug-likeness (QED) is 0.317. The van der Waals surface area contributed by atoms with Crippen LogP contribution in [-0.2, 0) is 47.6 Å². The molecule has 0 amide bonds. The molecule has 0 bridgehead atoms. The number of aromatic amines is 1. The number of aromatic nitrogens is 2. The minimum absolute atomic E-state index is 0.215. The first-order valence-corrected chi connectivity index (χ1v) is 11.4. The number of hydrogen-bond acceptors (Lipinski definition) is 12. The van der Waals surface area contributed by atoms with Gasteiger partial charge in [0.05, 0.1) is 30.0 Å². The van der Waals surface area contributed by atoms with Gasteiger partial charge in [0.25, 0.3) is 0 Å². The highest BCUT2D eigenvalue weighted by Gasteiger charge is 2.51. The van der Waals surface area contributed by atoms with Crippen molar-refractivity contribution in [3.8, 4) is 11.8 Å². The third-order valence-corrected chi connectivity index (χ3v) is 5.31. The van der Waals surface area contributed by atoms with Crippen LogP contribution in [0.2, 0.25) is 0 Å². The van der Waals surface area contributed by atoms with Crippen molar-refractivity contribution in [3.63, 3.8) is 0 Å². The Morgan fingerprint density at radius 2 is 1.55 bits per heavy atom. The first-order chi connectivity index (χ1) is 18.0. The number of rotatable bonds is 6. The normalized spacial score (nSPS) is 22.4. The second-order valence-corrected chi connectivity index (χ2v) is 8.24. The lowest BCUT2D eigenvalue weighted by Crippen LogP contribution is -2.62. The van der Waals surface area contributed by atoms with Crippen LogP contribution in [0, 0.1) is 11.8 Å². The Bertz CT molecular complexity index is 1310. The number of carbonyl (C=O) groups excluding carboxylic acids is 5. The summed E-state index contributed by atoms with van der Waals surface area (Å²) < 4.78 is 32.0. The number of nitrogens with one attached hydrogen (secondary N) is 1. The minimum Gasteiger partial charge on any atom is -0.465 e. The largest absolute Gasteiger partial charge is 0.465 e. The van der Waals surface area contributed by atoms with Crippen LogP contribution in [0.5, 0.6) is 0 Å². The lowest BCUT2D eigenvalue weighted by Gasteiger charge is -2.42. The molecule has 202 valence electrons. The third kappa shape index (κ3) is 6.86. The topological polar surface area (TPSA) is 169 Å². The number of benzene rings is 1. The molecule has 13 nitrogen and oxygen atoms in total. The Morgan fingerprint density at radius 3 is 2.16 bits per heavy atom. The van der Waals surface area contributed by atoms with E-state index in [0.717, 1.165) is 20.8 Å². The van der Waals surface area contributed by atoms with Crippen LogP contribution in [0.4, 0.5) is 0 Å². The van der Waals surface area contributed by atoms with Crippen molar-refractivity contribution in [1.29, 1.82) is 0 Å². The molecule has 2 heterocycles. The average Bonchev–Trinajstić information content (AvgIpc) is 3.32. The van der Waals surface area contributed by atoms with Gasteiger partial charge in [-0.1, -0.05) is 11.8 Å². The van der Waals surface area contributed by atoms with Crippen LogP contribution in [0.1, 0.15) is 43.6 Å². The molecule has 2 aromatic rings. The van der Waals surface area contributed by atoms with Gasteiger partial charge >= 0.3 is 29.8 Å². The van der Waals surface area contributed by atoms with E-state index in [9.17, 15) is 24.0 Å². The van der Waals surface area contributed by atoms with Crippen molar-refractivity contribution in [2.75, 3.05) is 13.7 Å². The fourth-order valence-electron chi connectivity index (χ4n) is 3.89. The van der Waals surface area contributed by atoms with Crippen molar-refractivity contribution < 1.29 is 52.4 Å². The summed E-state index contributed by atoms with van der Waals surface area (Å²) in [7, 11) is 1.24. The molecule has 1 aromatic carbocycles. The van der Waals surface area contributed by atoms with Gasteiger partial charge in [-0.15, -0.1) is 0 Å². The SMILES string of the molecule is COC(=O)c1cc(C#C[C@H]2O[C@H](COC(C)=O)[C@@H](OC(C)=O)[C@H](OC(C)=O)[C@@H]2OC(C)=O)c2[nH]ncc2c1. The third-order valence-electron chi connectivity index (χ3n) is 5.31. The molecular formula is C25H26N2O11. The molecule has 1 aliphatic rings. The summed E-state index contributed by atoms with van der Waals surface area (Å²) >= 11 is 0. The highest BCUT2D eigenvalue weighted by molar-refractivity contribution is 5.96. The summed E-state index contributed by atoms with van der Waals surface area (Å²) in [6.45, 7) is 4.19. The van der Waals surface area contributed by atoms with Crippen LogP contribution in [0.25, 0.3) is 10.9 Å². The lowest BCUT2D eigenvalue weighted by molar-refractivity contribution is -0.242. The van der Waals surface area contributed by atoms with E-state index in [1.165, 1.54) is 26.3 Å². The predicted octanol–water partition coefficient (Wildman–Crippen LogP) is 0.827. The van der Waals surface area contributed by atoms with Crippen molar-refractivity contribution in [1.82, 2.24) is 10.2 Å². The highest BCUT2D eigenvalue weighted by atomic mass is 16.7.